The van der Waals surface area contributed by atoms with Crippen LogP contribution in [0.25, 0.3) is 0 Å². The summed E-state index contributed by atoms with van der Waals surface area (Å²) >= 11 is 0. The molecular formula is C13H21N3O. The maximum absolute atomic E-state index is 11.7. The number of carbonyl (C=O) groups excluding carboxylic acids is 1. The van der Waals surface area contributed by atoms with Crippen LogP contribution >= 0.6 is 0 Å². The van der Waals surface area contributed by atoms with Gasteiger partial charge in [-0.1, -0.05) is 32.4 Å². The number of carbonyl (C=O) groups is 1. The van der Waals surface area contributed by atoms with E-state index in [1.54, 1.807) is 0 Å². The van der Waals surface area contributed by atoms with Crippen LogP contribution in [0.15, 0.2) is 24.3 Å². The Bertz CT molecular complexity index is 361. The maximum Gasteiger partial charge on any atom is 0.237 e. The van der Waals surface area contributed by atoms with Crippen LogP contribution < -0.4 is 16.8 Å². The summed E-state index contributed by atoms with van der Waals surface area (Å²) in [6.45, 7) is 4.49. The van der Waals surface area contributed by atoms with Crippen LogP contribution in [0.4, 0.5) is 5.69 Å². The van der Waals surface area contributed by atoms with Crippen LogP contribution in [0.3, 0.4) is 0 Å². The molecule has 0 bridgehead atoms. The Kier molecular flexibility index (Phi) is 4.97. The van der Waals surface area contributed by atoms with Crippen LogP contribution in [-0.4, -0.2) is 11.9 Å². The number of rotatable bonds is 5. The fraction of sp³-hybridized carbons (Fsp3) is 0.462. The number of nitrogens with two attached hydrogens (primary N) is 2. The van der Waals surface area contributed by atoms with Gasteiger partial charge in [-0.3, -0.25) is 4.79 Å². The van der Waals surface area contributed by atoms with Crippen LogP contribution in [0.5, 0.6) is 0 Å². The molecule has 17 heavy (non-hydrogen) atoms. The van der Waals surface area contributed by atoms with Gasteiger partial charge in [0.25, 0.3) is 0 Å². The molecule has 0 spiro atoms. The summed E-state index contributed by atoms with van der Waals surface area (Å²) in [7, 11) is 0. The van der Waals surface area contributed by atoms with Crippen molar-refractivity contribution in [3.8, 4) is 0 Å². The molecule has 1 amide bonds. The standard InChI is InChI=1S/C13H21N3O/c1-3-9(2)12(15)13(17)16-8-10-4-6-11(14)7-5-10/h4-7,9,12H,3,8,14-15H2,1-2H3,(H,16,17)/t9?,12-/m0/s1. The average molecular weight is 235 g/mol. The third-order valence-corrected chi connectivity index (χ3v) is 3.01. The molecule has 2 atom stereocenters. The van der Waals surface area contributed by atoms with Gasteiger partial charge in [-0.05, 0) is 23.6 Å². The van der Waals surface area contributed by atoms with Crippen molar-refractivity contribution in [3.05, 3.63) is 29.8 Å². The topological polar surface area (TPSA) is 81.1 Å². The summed E-state index contributed by atoms with van der Waals surface area (Å²) in [6.07, 6.45) is 0.899. The minimum absolute atomic E-state index is 0.101. The number of nitrogens with one attached hydrogen (secondary N) is 1. The summed E-state index contributed by atoms with van der Waals surface area (Å²) in [6, 6.07) is 6.98. The van der Waals surface area contributed by atoms with E-state index < -0.39 is 6.04 Å². The Morgan fingerprint density at radius 1 is 1.35 bits per heavy atom. The zero-order valence-corrected chi connectivity index (χ0v) is 10.4. The minimum atomic E-state index is -0.436. The highest BCUT2D eigenvalue weighted by atomic mass is 16.2. The van der Waals surface area contributed by atoms with E-state index in [-0.39, 0.29) is 11.8 Å². The molecule has 94 valence electrons. The molecule has 0 saturated carbocycles. The molecule has 0 fully saturated rings. The van der Waals surface area contributed by atoms with Crippen molar-refractivity contribution in [1.82, 2.24) is 5.32 Å². The Balaban J connectivity index is 2.45. The average Bonchev–Trinajstić information content (AvgIpc) is 2.35. The molecule has 4 heteroatoms. The predicted molar refractivity (Wildman–Crippen MR) is 70.1 cm³/mol. The summed E-state index contributed by atoms with van der Waals surface area (Å²) in [5, 5.41) is 2.83. The monoisotopic (exact) mass is 235 g/mol. The van der Waals surface area contributed by atoms with E-state index in [2.05, 4.69) is 5.32 Å². The molecule has 0 aliphatic heterocycles. The molecule has 0 radical (unpaired) electrons. The van der Waals surface area contributed by atoms with Gasteiger partial charge < -0.3 is 16.8 Å². The molecule has 1 aromatic rings. The number of anilines is 1. The first kappa shape index (κ1) is 13.5. The van der Waals surface area contributed by atoms with Crippen molar-refractivity contribution in [1.29, 1.82) is 0 Å². The smallest absolute Gasteiger partial charge is 0.237 e. The molecule has 1 aromatic carbocycles. The molecule has 1 unspecified atom stereocenters. The molecule has 5 N–H and O–H groups in total. The zero-order valence-electron chi connectivity index (χ0n) is 10.4. The molecular weight excluding hydrogens is 214 g/mol. The first-order chi connectivity index (χ1) is 8.04. The Morgan fingerprint density at radius 3 is 2.47 bits per heavy atom. The van der Waals surface area contributed by atoms with E-state index in [1.807, 2.05) is 38.1 Å². The van der Waals surface area contributed by atoms with Gasteiger partial charge in [-0.25, -0.2) is 0 Å². The Hall–Kier alpha value is -1.55. The second-order valence-electron chi connectivity index (χ2n) is 4.37. The van der Waals surface area contributed by atoms with Crippen LogP contribution in [0.1, 0.15) is 25.8 Å². The fourth-order valence-corrected chi connectivity index (χ4v) is 1.45. The molecule has 0 saturated heterocycles. The van der Waals surface area contributed by atoms with E-state index in [9.17, 15) is 4.79 Å². The van der Waals surface area contributed by atoms with Crippen molar-refractivity contribution < 1.29 is 4.79 Å². The first-order valence-electron chi connectivity index (χ1n) is 5.92. The van der Waals surface area contributed by atoms with Crippen LogP contribution in [0, 0.1) is 5.92 Å². The van der Waals surface area contributed by atoms with Gasteiger partial charge >= 0.3 is 0 Å². The van der Waals surface area contributed by atoms with Gasteiger partial charge in [0, 0.05) is 12.2 Å². The summed E-state index contributed by atoms with van der Waals surface area (Å²) < 4.78 is 0. The van der Waals surface area contributed by atoms with E-state index >= 15 is 0 Å². The predicted octanol–water partition coefficient (Wildman–Crippen LogP) is 1.26. The highest BCUT2D eigenvalue weighted by Gasteiger charge is 2.18. The first-order valence-corrected chi connectivity index (χ1v) is 5.92. The SMILES string of the molecule is CCC(C)[C@H](N)C(=O)NCc1ccc(N)cc1. The Morgan fingerprint density at radius 2 is 1.94 bits per heavy atom. The summed E-state index contributed by atoms with van der Waals surface area (Å²) in [4.78, 5) is 11.7. The number of hydrogen-bond acceptors (Lipinski definition) is 3. The lowest BCUT2D eigenvalue weighted by Crippen LogP contribution is -2.44. The van der Waals surface area contributed by atoms with Crippen LogP contribution in [0.2, 0.25) is 0 Å². The van der Waals surface area contributed by atoms with E-state index in [1.165, 1.54) is 0 Å². The third-order valence-electron chi connectivity index (χ3n) is 3.01. The van der Waals surface area contributed by atoms with Gasteiger partial charge in [0.1, 0.15) is 0 Å². The molecule has 0 aliphatic rings. The van der Waals surface area contributed by atoms with E-state index in [0.29, 0.717) is 6.54 Å². The lowest BCUT2D eigenvalue weighted by molar-refractivity contribution is -0.123. The fourth-order valence-electron chi connectivity index (χ4n) is 1.45. The minimum Gasteiger partial charge on any atom is -0.399 e. The molecule has 4 nitrogen and oxygen atoms in total. The van der Waals surface area contributed by atoms with Gasteiger partial charge in [-0.2, -0.15) is 0 Å². The third kappa shape index (κ3) is 4.07. The van der Waals surface area contributed by atoms with Crippen molar-refractivity contribution in [2.24, 2.45) is 11.7 Å². The number of benzene rings is 1. The van der Waals surface area contributed by atoms with E-state index in [4.69, 9.17) is 11.5 Å². The van der Waals surface area contributed by atoms with Crippen molar-refractivity contribution in [2.45, 2.75) is 32.9 Å². The molecule has 0 aliphatic carbocycles. The number of nitrogen functional groups attached to an aromatic ring is 1. The quantitative estimate of drug-likeness (QED) is 0.672. The Labute approximate surface area is 102 Å². The van der Waals surface area contributed by atoms with Gasteiger partial charge in [0.2, 0.25) is 5.91 Å². The number of hydrogen-bond donors (Lipinski definition) is 3. The zero-order chi connectivity index (χ0) is 12.8. The van der Waals surface area contributed by atoms with Crippen molar-refractivity contribution >= 4 is 11.6 Å². The lowest BCUT2D eigenvalue weighted by atomic mass is 9.99. The van der Waals surface area contributed by atoms with Gasteiger partial charge in [-0.15, -0.1) is 0 Å². The highest BCUT2D eigenvalue weighted by Crippen LogP contribution is 2.07. The normalized spacial score (nSPS) is 14.1. The second-order valence-corrected chi connectivity index (χ2v) is 4.37. The van der Waals surface area contributed by atoms with Crippen molar-refractivity contribution in [2.75, 3.05) is 5.73 Å². The molecule has 0 heterocycles. The van der Waals surface area contributed by atoms with Gasteiger partial charge in [0.05, 0.1) is 6.04 Å². The van der Waals surface area contributed by atoms with Crippen LogP contribution in [-0.2, 0) is 11.3 Å². The van der Waals surface area contributed by atoms with Crippen molar-refractivity contribution in [3.63, 3.8) is 0 Å². The van der Waals surface area contributed by atoms with E-state index in [0.717, 1.165) is 17.7 Å². The maximum atomic E-state index is 11.7. The lowest BCUT2D eigenvalue weighted by Gasteiger charge is -2.17. The summed E-state index contributed by atoms with van der Waals surface area (Å²) in [5.74, 6) is 0.0950. The highest BCUT2D eigenvalue weighted by molar-refractivity contribution is 5.81. The largest absolute Gasteiger partial charge is 0.399 e. The summed E-state index contributed by atoms with van der Waals surface area (Å²) in [5.41, 5.74) is 13.1. The molecule has 0 aromatic heterocycles. The molecule has 1 rings (SSSR count). The van der Waals surface area contributed by atoms with Gasteiger partial charge in [0.15, 0.2) is 0 Å². The second kappa shape index (κ2) is 6.25. The number of amides is 1.